The van der Waals surface area contributed by atoms with E-state index in [4.69, 9.17) is 0 Å². The van der Waals surface area contributed by atoms with Crippen LogP contribution >= 0.6 is 0 Å². The van der Waals surface area contributed by atoms with Crippen molar-refractivity contribution in [2.45, 2.75) is 19.8 Å². The molecule has 0 heterocycles. The van der Waals surface area contributed by atoms with Gasteiger partial charge in [-0.3, -0.25) is 14.9 Å². The molecular weight excluding hydrogens is 234 g/mol. The van der Waals surface area contributed by atoms with Gasteiger partial charge in [-0.25, -0.2) is 0 Å². The highest BCUT2D eigenvalue weighted by Gasteiger charge is 2.11. The molecule has 0 radical (unpaired) electrons. The third-order valence-corrected chi connectivity index (χ3v) is 2.34. The number of anilines is 1. The zero-order valence-corrected chi connectivity index (χ0v) is 10.3. The quantitative estimate of drug-likeness (QED) is 0.572. The lowest BCUT2D eigenvalue weighted by atomic mass is 10.2. The van der Waals surface area contributed by atoms with Crippen LogP contribution in [-0.2, 0) is 4.79 Å². The number of carbonyl (C=O) groups is 1. The molecule has 6 nitrogen and oxygen atoms in total. The lowest BCUT2D eigenvalue weighted by molar-refractivity contribution is -0.384. The van der Waals surface area contributed by atoms with Gasteiger partial charge < -0.3 is 10.6 Å². The Kier molecular flexibility index (Phi) is 5.63. The summed E-state index contributed by atoms with van der Waals surface area (Å²) in [6.45, 7) is 3.01. The van der Waals surface area contributed by atoms with Gasteiger partial charge in [0.25, 0.3) is 5.69 Å². The van der Waals surface area contributed by atoms with E-state index in [9.17, 15) is 14.9 Å². The summed E-state index contributed by atoms with van der Waals surface area (Å²) >= 11 is 0. The second kappa shape index (κ2) is 7.26. The highest BCUT2D eigenvalue weighted by Crippen LogP contribution is 2.22. The summed E-state index contributed by atoms with van der Waals surface area (Å²) in [5.41, 5.74) is 0.456. The van der Waals surface area contributed by atoms with Gasteiger partial charge in [-0.2, -0.15) is 0 Å². The molecule has 0 fully saturated rings. The minimum absolute atomic E-state index is 0.0199. The van der Waals surface area contributed by atoms with E-state index in [-0.39, 0.29) is 11.6 Å². The fraction of sp³-hybridized carbons (Fsp3) is 0.417. The van der Waals surface area contributed by atoms with E-state index < -0.39 is 4.92 Å². The Balaban J connectivity index is 2.44. The lowest BCUT2D eigenvalue weighted by Gasteiger charge is -2.07. The molecule has 0 saturated heterocycles. The number of para-hydroxylation sites is 2. The summed E-state index contributed by atoms with van der Waals surface area (Å²) in [4.78, 5) is 21.6. The number of benzene rings is 1. The van der Waals surface area contributed by atoms with E-state index in [0.717, 1.165) is 6.42 Å². The molecule has 0 aliphatic rings. The molecule has 1 rings (SSSR count). The van der Waals surface area contributed by atoms with Crippen molar-refractivity contribution in [3.63, 3.8) is 0 Å². The Hall–Kier alpha value is -2.11. The number of nitrogens with zero attached hydrogens (tertiary/aromatic N) is 1. The lowest BCUT2D eigenvalue weighted by Crippen LogP contribution is -2.25. The molecular formula is C12H17N3O3. The van der Waals surface area contributed by atoms with Crippen LogP contribution in [0.2, 0.25) is 0 Å². The molecule has 0 aliphatic carbocycles. The topological polar surface area (TPSA) is 84.3 Å². The second-order valence-corrected chi connectivity index (χ2v) is 3.80. The Morgan fingerprint density at radius 1 is 1.33 bits per heavy atom. The van der Waals surface area contributed by atoms with E-state index in [1.165, 1.54) is 6.07 Å². The van der Waals surface area contributed by atoms with Crippen LogP contribution in [0.4, 0.5) is 11.4 Å². The predicted octanol–water partition coefficient (Wildman–Crippen LogP) is 1.92. The number of nitro groups is 1. The maximum absolute atomic E-state index is 11.3. The van der Waals surface area contributed by atoms with Crippen molar-refractivity contribution in [3.8, 4) is 0 Å². The number of nitrogens with one attached hydrogen (secondary N) is 2. The molecule has 0 aromatic heterocycles. The van der Waals surface area contributed by atoms with Crippen LogP contribution < -0.4 is 10.6 Å². The number of nitro benzene ring substituents is 1. The molecule has 2 N–H and O–H groups in total. The molecule has 98 valence electrons. The van der Waals surface area contributed by atoms with Crippen molar-refractivity contribution in [1.82, 2.24) is 5.32 Å². The van der Waals surface area contributed by atoms with Crippen LogP contribution in [-0.4, -0.2) is 23.9 Å². The fourth-order valence-electron chi connectivity index (χ4n) is 1.45. The molecule has 1 amide bonds. The molecule has 0 saturated carbocycles. The molecule has 0 spiro atoms. The smallest absolute Gasteiger partial charge is 0.292 e. The molecule has 0 bridgehead atoms. The van der Waals surface area contributed by atoms with E-state index in [1.54, 1.807) is 18.2 Å². The van der Waals surface area contributed by atoms with Crippen molar-refractivity contribution >= 4 is 17.3 Å². The van der Waals surface area contributed by atoms with Gasteiger partial charge in [0.15, 0.2) is 0 Å². The molecule has 0 atom stereocenters. The summed E-state index contributed by atoms with van der Waals surface area (Å²) in [5.74, 6) is -0.0528. The highest BCUT2D eigenvalue weighted by atomic mass is 16.6. The number of amides is 1. The van der Waals surface area contributed by atoms with Crippen molar-refractivity contribution < 1.29 is 9.72 Å². The van der Waals surface area contributed by atoms with E-state index >= 15 is 0 Å². The van der Waals surface area contributed by atoms with Crippen LogP contribution in [0.5, 0.6) is 0 Å². The highest BCUT2D eigenvalue weighted by molar-refractivity contribution is 5.76. The minimum Gasteiger partial charge on any atom is -0.379 e. The van der Waals surface area contributed by atoms with Gasteiger partial charge in [-0.15, -0.1) is 0 Å². The van der Waals surface area contributed by atoms with E-state index in [1.807, 2.05) is 6.92 Å². The maximum atomic E-state index is 11.3. The average Bonchev–Trinajstić information content (AvgIpc) is 2.36. The molecule has 0 aliphatic heterocycles. The van der Waals surface area contributed by atoms with Crippen LogP contribution in [0.1, 0.15) is 19.8 Å². The van der Waals surface area contributed by atoms with Crippen LogP contribution in [0.3, 0.4) is 0 Å². The van der Waals surface area contributed by atoms with Gasteiger partial charge in [-0.1, -0.05) is 19.1 Å². The van der Waals surface area contributed by atoms with Crippen LogP contribution in [0.25, 0.3) is 0 Å². The zero-order valence-electron chi connectivity index (χ0n) is 10.3. The Labute approximate surface area is 106 Å². The number of hydrogen-bond acceptors (Lipinski definition) is 4. The molecule has 0 unspecified atom stereocenters. The van der Waals surface area contributed by atoms with E-state index in [0.29, 0.717) is 25.2 Å². The first kappa shape index (κ1) is 14.0. The van der Waals surface area contributed by atoms with Gasteiger partial charge in [0.2, 0.25) is 5.91 Å². The Bertz CT molecular complexity index is 421. The summed E-state index contributed by atoms with van der Waals surface area (Å²) in [7, 11) is 0. The molecule has 18 heavy (non-hydrogen) atoms. The SMILES string of the molecule is CCCNC(=O)CCNc1ccccc1[N+](=O)[O-]. The van der Waals surface area contributed by atoms with E-state index in [2.05, 4.69) is 10.6 Å². The third-order valence-electron chi connectivity index (χ3n) is 2.34. The maximum Gasteiger partial charge on any atom is 0.292 e. The van der Waals surface area contributed by atoms with Gasteiger partial charge in [0.05, 0.1) is 4.92 Å². The summed E-state index contributed by atoms with van der Waals surface area (Å²) < 4.78 is 0. The van der Waals surface area contributed by atoms with Gasteiger partial charge >= 0.3 is 0 Å². The predicted molar refractivity (Wildman–Crippen MR) is 69.5 cm³/mol. The standard InChI is InChI=1S/C12H17N3O3/c1-2-8-14-12(16)7-9-13-10-5-3-4-6-11(10)15(17)18/h3-6,13H,2,7-9H2,1H3,(H,14,16). The van der Waals surface area contributed by atoms with Crippen molar-refractivity contribution in [2.75, 3.05) is 18.4 Å². The number of carbonyl (C=O) groups excluding carboxylic acids is 1. The molecule has 6 heteroatoms. The van der Waals surface area contributed by atoms with Gasteiger partial charge in [0.1, 0.15) is 5.69 Å². The fourth-order valence-corrected chi connectivity index (χ4v) is 1.45. The summed E-state index contributed by atoms with van der Waals surface area (Å²) in [6, 6.07) is 6.38. The first-order valence-corrected chi connectivity index (χ1v) is 5.89. The summed E-state index contributed by atoms with van der Waals surface area (Å²) in [5, 5.41) is 16.4. The zero-order chi connectivity index (χ0) is 13.4. The first-order valence-electron chi connectivity index (χ1n) is 5.89. The van der Waals surface area contributed by atoms with Crippen molar-refractivity contribution in [3.05, 3.63) is 34.4 Å². The Morgan fingerprint density at radius 3 is 2.72 bits per heavy atom. The van der Waals surface area contributed by atoms with Gasteiger partial charge in [-0.05, 0) is 12.5 Å². The summed E-state index contributed by atoms with van der Waals surface area (Å²) in [6.07, 6.45) is 1.19. The average molecular weight is 251 g/mol. The molecule has 1 aromatic carbocycles. The normalized spacial score (nSPS) is 9.83. The number of rotatable bonds is 7. The van der Waals surface area contributed by atoms with Gasteiger partial charge in [0, 0.05) is 25.6 Å². The minimum atomic E-state index is -0.445. The molecule has 1 aromatic rings. The third kappa shape index (κ3) is 4.40. The Morgan fingerprint density at radius 2 is 2.06 bits per heavy atom. The van der Waals surface area contributed by atoms with Crippen molar-refractivity contribution in [2.24, 2.45) is 0 Å². The van der Waals surface area contributed by atoms with Crippen LogP contribution in [0, 0.1) is 10.1 Å². The van der Waals surface area contributed by atoms with Crippen LogP contribution in [0.15, 0.2) is 24.3 Å². The first-order chi connectivity index (χ1) is 8.65. The number of hydrogen-bond donors (Lipinski definition) is 2. The second-order valence-electron chi connectivity index (χ2n) is 3.80. The monoisotopic (exact) mass is 251 g/mol. The largest absolute Gasteiger partial charge is 0.379 e. The van der Waals surface area contributed by atoms with Crippen molar-refractivity contribution in [1.29, 1.82) is 0 Å².